The highest BCUT2D eigenvalue weighted by Gasteiger charge is 2.35. The number of ether oxygens (including phenoxy) is 1. The minimum atomic E-state index is 0.412. The normalized spacial score (nSPS) is 32.8. The SMILES string of the molecule is CN1CCC(NC(=S)N2CCO[C@@H]3CCCC[C@H]32)CC1. The molecule has 1 saturated carbocycles. The fraction of sp³-hybridized carbons (Fsp3) is 0.933. The summed E-state index contributed by atoms with van der Waals surface area (Å²) in [6.45, 7) is 4.14. The lowest BCUT2D eigenvalue weighted by Gasteiger charge is -2.45. The molecule has 2 saturated heterocycles. The minimum absolute atomic E-state index is 0.412. The van der Waals surface area contributed by atoms with Crippen molar-refractivity contribution < 1.29 is 4.74 Å². The van der Waals surface area contributed by atoms with Crippen LogP contribution in [0.3, 0.4) is 0 Å². The molecule has 0 aromatic rings. The van der Waals surface area contributed by atoms with Crippen LogP contribution in [0.5, 0.6) is 0 Å². The molecule has 0 aromatic carbocycles. The summed E-state index contributed by atoms with van der Waals surface area (Å²) in [6, 6.07) is 1.08. The van der Waals surface area contributed by atoms with Crippen molar-refractivity contribution in [2.75, 3.05) is 33.3 Å². The summed E-state index contributed by atoms with van der Waals surface area (Å²) in [4.78, 5) is 4.81. The number of nitrogens with zero attached hydrogens (tertiary/aromatic N) is 2. The number of hydrogen-bond acceptors (Lipinski definition) is 3. The molecule has 3 fully saturated rings. The summed E-state index contributed by atoms with van der Waals surface area (Å²) in [6.07, 6.45) is 7.89. The summed E-state index contributed by atoms with van der Waals surface area (Å²) >= 11 is 5.70. The van der Waals surface area contributed by atoms with E-state index in [-0.39, 0.29) is 0 Å². The Morgan fingerprint density at radius 1 is 1.10 bits per heavy atom. The van der Waals surface area contributed by atoms with E-state index >= 15 is 0 Å². The summed E-state index contributed by atoms with van der Waals surface area (Å²) in [5.41, 5.74) is 0. The van der Waals surface area contributed by atoms with Crippen molar-refractivity contribution in [3.63, 3.8) is 0 Å². The summed E-state index contributed by atoms with van der Waals surface area (Å²) in [5, 5.41) is 4.59. The van der Waals surface area contributed by atoms with Gasteiger partial charge in [0.2, 0.25) is 0 Å². The molecule has 114 valence electrons. The molecule has 2 aliphatic heterocycles. The summed E-state index contributed by atoms with van der Waals surface area (Å²) in [5.74, 6) is 0. The number of likely N-dealkylation sites (tertiary alicyclic amines) is 1. The zero-order chi connectivity index (χ0) is 13.9. The molecular weight excluding hydrogens is 270 g/mol. The first-order chi connectivity index (χ1) is 9.74. The van der Waals surface area contributed by atoms with Gasteiger partial charge in [-0.2, -0.15) is 0 Å². The highest BCUT2D eigenvalue weighted by Crippen LogP contribution is 2.28. The zero-order valence-electron chi connectivity index (χ0n) is 12.5. The Morgan fingerprint density at radius 3 is 2.65 bits per heavy atom. The van der Waals surface area contributed by atoms with E-state index in [1.807, 2.05) is 0 Å². The van der Waals surface area contributed by atoms with Gasteiger partial charge < -0.3 is 19.9 Å². The number of nitrogens with one attached hydrogen (secondary N) is 1. The summed E-state index contributed by atoms with van der Waals surface area (Å²) < 4.78 is 5.93. The quantitative estimate of drug-likeness (QED) is 0.742. The largest absolute Gasteiger partial charge is 0.374 e. The number of thiocarbonyl (C=S) groups is 1. The zero-order valence-corrected chi connectivity index (χ0v) is 13.3. The maximum atomic E-state index is 5.93. The number of piperidine rings is 1. The molecule has 0 radical (unpaired) electrons. The van der Waals surface area contributed by atoms with Gasteiger partial charge in [-0.25, -0.2) is 0 Å². The van der Waals surface area contributed by atoms with Crippen molar-refractivity contribution >= 4 is 17.3 Å². The van der Waals surface area contributed by atoms with Gasteiger partial charge >= 0.3 is 0 Å². The van der Waals surface area contributed by atoms with E-state index in [0.29, 0.717) is 18.2 Å². The van der Waals surface area contributed by atoms with Gasteiger partial charge in [0, 0.05) is 12.6 Å². The van der Waals surface area contributed by atoms with Crippen LogP contribution in [0.15, 0.2) is 0 Å². The first-order valence-corrected chi connectivity index (χ1v) is 8.52. The lowest BCUT2D eigenvalue weighted by Crippen LogP contribution is -2.59. The van der Waals surface area contributed by atoms with Crippen LogP contribution in [0.1, 0.15) is 38.5 Å². The van der Waals surface area contributed by atoms with E-state index in [4.69, 9.17) is 17.0 Å². The lowest BCUT2D eigenvalue weighted by atomic mass is 9.90. The molecule has 1 N–H and O–H groups in total. The Labute approximate surface area is 127 Å². The average Bonchev–Trinajstić information content (AvgIpc) is 2.49. The van der Waals surface area contributed by atoms with Crippen molar-refractivity contribution in [2.45, 2.75) is 56.7 Å². The van der Waals surface area contributed by atoms with Gasteiger partial charge in [-0.15, -0.1) is 0 Å². The van der Waals surface area contributed by atoms with E-state index in [1.54, 1.807) is 0 Å². The van der Waals surface area contributed by atoms with Crippen molar-refractivity contribution in [3.8, 4) is 0 Å². The van der Waals surface area contributed by atoms with Crippen molar-refractivity contribution in [3.05, 3.63) is 0 Å². The fourth-order valence-electron chi connectivity index (χ4n) is 3.76. The molecule has 5 heteroatoms. The maximum absolute atomic E-state index is 5.93. The fourth-order valence-corrected chi connectivity index (χ4v) is 4.15. The van der Waals surface area contributed by atoms with Crippen molar-refractivity contribution in [2.24, 2.45) is 0 Å². The number of rotatable bonds is 1. The van der Waals surface area contributed by atoms with Gasteiger partial charge in [0.1, 0.15) is 0 Å². The second-order valence-corrected chi connectivity index (χ2v) is 6.87. The summed E-state index contributed by atoms with van der Waals surface area (Å²) in [7, 11) is 2.20. The maximum Gasteiger partial charge on any atom is 0.169 e. The Balaban J connectivity index is 1.55. The third-order valence-electron chi connectivity index (χ3n) is 5.04. The van der Waals surface area contributed by atoms with Crippen molar-refractivity contribution in [1.82, 2.24) is 15.1 Å². The van der Waals surface area contributed by atoms with E-state index in [2.05, 4.69) is 22.2 Å². The Kier molecular flexibility index (Phi) is 4.79. The second kappa shape index (κ2) is 6.58. The average molecular weight is 297 g/mol. The van der Waals surface area contributed by atoms with Gasteiger partial charge in [0.05, 0.1) is 18.8 Å². The third-order valence-corrected chi connectivity index (χ3v) is 5.39. The Hall–Kier alpha value is -0.390. The van der Waals surface area contributed by atoms with Crippen LogP contribution in [0, 0.1) is 0 Å². The van der Waals surface area contributed by atoms with Gasteiger partial charge in [-0.1, -0.05) is 12.8 Å². The molecule has 2 heterocycles. The van der Waals surface area contributed by atoms with Gasteiger partial charge in [0.15, 0.2) is 5.11 Å². The van der Waals surface area contributed by atoms with E-state index < -0.39 is 0 Å². The van der Waals surface area contributed by atoms with E-state index in [1.165, 1.54) is 51.6 Å². The molecule has 2 atom stereocenters. The molecule has 0 amide bonds. The number of hydrogen-bond donors (Lipinski definition) is 1. The number of fused-ring (bicyclic) bond motifs is 1. The van der Waals surface area contributed by atoms with Crippen LogP contribution in [-0.4, -0.2) is 66.4 Å². The molecule has 0 aromatic heterocycles. The molecule has 1 aliphatic carbocycles. The Bertz CT molecular complexity index is 342. The van der Waals surface area contributed by atoms with Crippen LogP contribution >= 0.6 is 12.2 Å². The molecule has 4 nitrogen and oxygen atoms in total. The minimum Gasteiger partial charge on any atom is -0.374 e. The molecule has 0 bridgehead atoms. The predicted octanol–water partition coefficient (Wildman–Crippen LogP) is 1.60. The topological polar surface area (TPSA) is 27.7 Å². The van der Waals surface area contributed by atoms with Crippen LogP contribution in [0.2, 0.25) is 0 Å². The van der Waals surface area contributed by atoms with Gasteiger partial charge in [0.25, 0.3) is 0 Å². The first-order valence-electron chi connectivity index (χ1n) is 8.11. The van der Waals surface area contributed by atoms with Crippen molar-refractivity contribution in [1.29, 1.82) is 0 Å². The molecule has 0 unspecified atom stereocenters. The highest BCUT2D eigenvalue weighted by molar-refractivity contribution is 7.80. The van der Waals surface area contributed by atoms with E-state index in [0.717, 1.165) is 18.3 Å². The van der Waals surface area contributed by atoms with Crippen LogP contribution in [-0.2, 0) is 4.74 Å². The van der Waals surface area contributed by atoms with Crippen LogP contribution in [0.25, 0.3) is 0 Å². The smallest absolute Gasteiger partial charge is 0.169 e. The molecule has 3 aliphatic rings. The molecule has 0 spiro atoms. The van der Waals surface area contributed by atoms with Gasteiger partial charge in [-0.05, 0) is 58.0 Å². The standard InChI is InChI=1S/C15H27N3OS/c1-17-8-6-12(7-9-17)16-15(20)18-10-11-19-14-5-3-2-4-13(14)18/h12-14H,2-11H2,1H3,(H,16,20)/t13-,14-/m1/s1. The lowest BCUT2D eigenvalue weighted by molar-refractivity contribution is -0.0641. The third kappa shape index (κ3) is 3.26. The first kappa shape index (κ1) is 14.5. The Morgan fingerprint density at radius 2 is 1.85 bits per heavy atom. The second-order valence-electron chi connectivity index (χ2n) is 6.48. The highest BCUT2D eigenvalue weighted by atomic mass is 32.1. The molecular formula is C15H27N3OS. The monoisotopic (exact) mass is 297 g/mol. The predicted molar refractivity (Wildman–Crippen MR) is 85.0 cm³/mol. The molecule has 3 rings (SSSR count). The number of morpholine rings is 1. The molecule has 20 heavy (non-hydrogen) atoms. The van der Waals surface area contributed by atoms with E-state index in [9.17, 15) is 0 Å². The van der Waals surface area contributed by atoms with Crippen LogP contribution < -0.4 is 5.32 Å². The van der Waals surface area contributed by atoms with Gasteiger partial charge in [-0.3, -0.25) is 0 Å². The van der Waals surface area contributed by atoms with Crippen LogP contribution in [0.4, 0.5) is 0 Å².